The number of carbonyl (C=O) groups is 1. The quantitative estimate of drug-likeness (QED) is 0.759. The molecule has 2 bridgehead atoms. The van der Waals surface area contributed by atoms with E-state index in [1.807, 2.05) is 6.92 Å². The molecule has 2 aliphatic carbocycles. The van der Waals surface area contributed by atoms with Crippen LogP contribution in [0.15, 0.2) is 0 Å². The average Bonchev–Trinajstić information content (AvgIpc) is 2.75. The van der Waals surface area contributed by atoms with Crippen molar-refractivity contribution in [2.45, 2.75) is 38.3 Å². The minimum absolute atomic E-state index is 0.0125. The van der Waals surface area contributed by atoms with E-state index in [0.29, 0.717) is 17.6 Å². The third-order valence-corrected chi connectivity index (χ3v) is 5.13. The van der Waals surface area contributed by atoms with Gasteiger partial charge in [-0.3, -0.25) is 9.00 Å². The molecule has 6 atom stereocenters. The molecule has 0 spiro atoms. The number of hydrogen-bond donors (Lipinski definition) is 2. The van der Waals surface area contributed by atoms with Gasteiger partial charge in [0.25, 0.3) is 0 Å². The molecule has 0 saturated heterocycles. The van der Waals surface area contributed by atoms with Crippen LogP contribution in [0.2, 0.25) is 0 Å². The molecule has 17 heavy (non-hydrogen) atoms. The fourth-order valence-electron chi connectivity index (χ4n) is 3.46. The van der Waals surface area contributed by atoms with Gasteiger partial charge in [0.1, 0.15) is 0 Å². The largest absolute Gasteiger partial charge is 0.352 e. The third kappa shape index (κ3) is 2.71. The van der Waals surface area contributed by atoms with Crippen LogP contribution in [-0.2, 0) is 15.6 Å². The van der Waals surface area contributed by atoms with Crippen LogP contribution in [0.4, 0.5) is 0 Å². The van der Waals surface area contributed by atoms with E-state index in [1.165, 1.54) is 6.42 Å². The Balaban J connectivity index is 1.90. The third-order valence-electron chi connectivity index (χ3n) is 4.16. The van der Waals surface area contributed by atoms with E-state index in [1.54, 1.807) is 6.26 Å². The standard InChI is InChI=1S/C12H22N2O2S/c1-7(6-17(2)16)14-12(15)10-8-3-4-9(5-8)11(10)13/h7-11H,3-6,13H2,1-2H3,(H,14,15). The first kappa shape index (κ1) is 13.0. The van der Waals surface area contributed by atoms with Crippen LogP contribution in [0.3, 0.4) is 0 Å². The molecule has 2 aliphatic rings. The minimum Gasteiger partial charge on any atom is -0.352 e. The van der Waals surface area contributed by atoms with Crippen molar-refractivity contribution in [3.8, 4) is 0 Å². The minimum atomic E-state index is -0.870. The predicted octanol–water partition coefficient (Wildman–Crippen LogP) is 0.243. The molecule has 0 aromatic heterocycles. The Labute approximate surface area is 105 Å². The maximum Gasteiger partial charge on any atom is 0.225 e. The van der Waals surface area contributed by atoms with Gasteiger partial charge in [0.2, 0.25) is 5.91 Å². The lowest BCUT2D eigenvalue weighted by atomic mass is 9.84. The number of nitrogens with one attached hydrogen (secondary N) is 1. The lowest BCUT2D eigenvalue weighted by Crippen LogP contribution is -2.48. The summed E-state index contributed by atoms with van der Waals surface area (Å²) in [6.07, 6.45) is 5.11. The molecular weight excluding hydrogens is 236 g/mol. The SMILES string of the molecule is CC(CS(C)=O)NC(=O)C1C2CCC(C2)C1N. The van der Waals surface area contributed by atoms with Crippen LogP contribution in [-0.4, -0.2) is 34.2 Å². The summed E-state index contributed by atoms with van der Waals surface area (Å²) in [6, 6.07) is 0.00716. The second-order valence-electron chi connectivity index (χ2n) is 5.59. The number of hydrogen-bond acceptors (Lipinski definition) is 3. The van der Waals surface area contributed by atoms with Gasteiger partial charge in [-0.25, -0.2) is 0 Å². The molecule has 1 amide bonds. The van der Waals surface area contributed by atoms with Gasteiger partial charge in [-0.15, -0.1) is 0 Å². The number of nitrogens with two attached hydrogens (primary N) is 1. The molecule has 0 heterocycles. The summed E-state index contributed by atoms with van der Waals surface area (Å²) in [5, 5.41) is 2.96. The highest BCUT2D eigenvalue weighted by Crippen LogP contribution is 2.47. The Morgan fingerprint density at radius 3 is 2.65 bits per heavy atom. The molecule has 0 aromatic rings. The van der Waals surface area contributed by atoms with Gasteiger partial charge in [0, 0.05) is 34.9 Å². The first-order valence-electron chi connectivity index (χ1n) is 6.35. The van der Waals surface area contributed by atoms with Crippen molar-refractivity contribution in [2.75, 3.05) is 12.0 Å². The summed E-state index contributed by atoms with van der Waals surface area (Å²) in [5.74, 6) is 1.60. The Morgan fingerprint density at radius 2 is 2.12 bits per heavy atom. The molecule has 98 valence electrons. The Kier molecular flexibility index (Phi) is 3.88. The van der Waals surface area contributed by atoms with Crippen molar-refractivity contribution in [2.24, 2.45) is 23.5 Å². The summed E-state index contributed by atoms with van der Waals surface area (Å²) in [7, 11) is -0.870. The normalized spacial score (nSPS) is 39.0. The summed E-state index contributed by atoms with van der Waals surface area (Å²) in [5.41, 5.74) is 6.12. The number of carbonyl (C=O) groups excluding carboxylic acids is 1. The fraction of sp³-hybridized carbons (Fsp3) is 0.917. The summed E-state index contributed by atoms with van der Waals surface area (Å²) >= 11 is 0. The van der Waals surface area contributed by atoms with Crippen LogP contribution >= 0.6 is 0 Å². The molecule has 5 heteroatoms. The number of fused-ring (bicyclic) bond motifs is 2. The van der Waals surface area contributed by atoms with E-state index in [0.717, 1.165) is 12.8 Å². The van der Waals surface area contributed by atoms with Crippen molar-refractivity contribution < 1.29 is 9.00 Å². The number of amides is 1. The zero-order valence-electron chi connectivity index (χ0n) is 10.5. The topological polar surface area (TPSA) is 72.2 Å². The molecule has 0 aromatic carbocycles. The van der Waals surface area contributed by atoms with Gasteiger partial charge in [0.05, 0.1) is 5.92 Å². The van der Waals surface area contributed by atoms with Crippen molar-refractivity contribution in [1.29, 1.82) is 0 Å². The second-order valence-corrected chi connectivity index (χ2v) is 7.07. The van der Waals surface area contributed by atoms with Crippen LogP contribution < -0.4 is 11.1 Å². The molecule has 3 N–H and O–H groups in total. The molecule has 2 rings (SSSR count). The zero-order chi connectivity index (χ0) is 12.6. The van der Waals surface area contributed by atoms with E-state index < -0.39 is 10.8 Å². The number of rotatable bonds is 4. The van der Waals surface area contributed by atoms with E-state index in [4.69, 9.17) is 5.73 Å². The molecule has 0 aliphatic heterocycles. The van der Waals surface area contributed by atoms with Crippen molar-refractivity contribution in [1.82, 2.24) is 5.32 Å². The smallest absolute Gasteiger partial charge is 0.225 e. The van der Waals surface area contributed by atoms with E-state index in [2.05, 4.69) is 5.32 Å². The molecule has 2 fully saturated rings. The molecule has 6 unspecified atom stereocenters. The zero-order valence-corrected chi connectivity index (χ0v) is 11.3. The maximum atomic E-state index is 12.1. The Hall–Kier alpha value is -0.420. The summed E-state index contributed by atoms with van der Waals surface area (Å²) < 4.78 is 11.1. The van der Waals surface area contributed by atoms with Crippen molar-refractivity contribution in [3.05, 3.63) is 0 Å². The fourth-order valence-corrected chi connectivity index (χ4v) is 4.25. The maximum absolute atomic E-state index is 12.1. The van der Waals surface area contributed by atoms with Gasteiger partial charge >= 0.3 is 0 Å². The van der Waals surface area contributed by atoms with Crippen molar-refractivity contribution >= 4 is 16.7 Å². The van der Waals surface area contributed by atoms with Crippen LogP contribution in [0.5, 0.6) is 0 Å². The summed E-state index contributed by atoms with van der Waals surface area (Å²) in [4.78, 5) is 12.1. The van der Waals surface area contributed by atoms with Gasteiger partial charge in [0.15, 0.2) is 0 Å². The first-order valence-corrected chi connectivity index (χ1v) is 8.07. The lowest BCUT2D eigenvalue weighted by Gasteiger charge is -2.28. The van der Waals surface area contributed by atoms with Crippen LogP contribution in [0, 0.1) is 17.8 Å². The molecular formula is C12H22N2O2S. The van der Waals surface area contributed by atoms with Gasteiger partial charge in [-0.1, -0.05) is 0 Å². The Bertz CT molecular complexity index is 332. The predicted molar refractivity (Wildman–Crippen MR) is 68.8 cm³/mol. The van der Waals surface area contributed by atoms with Crippen molar-refractivity contribution in [3.63, 3.8) is 0 Å². The summed E-state index contributed by atoms with van der Waals surface area (Å²) in [6.45, 7) is 1.90. The highest BCUT2D eigenvalue weighted by molar-refractivity contribution is 7.84. The average molecular weight is 258 g/mol. The van der Waals surface area contributed by atoms with Gasteiger partial charge in [-0.05, 0) is 38.0 Å². The first-order chi connectivity index (χ1) is 7.99. The van der Waals surface area contributed by atoms with E-state index in [-0.39, 0.29) is 23.9 Å². The van der Waals surface area contributed by atoms with Crippen LogP contribution in [0.1, 0.15) is 26.2 Å². The Morgan fingerprint density at radius 1 is 1.47 bits per heavy atom. The van der Waals surface area contributed by atoms with Gasteiger partial charge < -0.3 is 11.1 Å². The molecule has 2 saturated carbocycles. The highest BCUT2D eigenvalue weighted by atomic mass is 32.2. The molecule has 4 nitrogen and oxygen atoms in total. The monoisotopic (exact) mass is 258 g/mol. The lowest BCUT2D eigenvalue weighted by molar-refractivity contribution is -0.127. The van der Waals surface area contributed by atoms with Gasteiger partial charge in [-0.2, -0.15) is 0 Å². The highest BCUT2D eigenvalue weighted by Gasteiger charge is 2.49. The van der Waals surface area contributed by atoms with E-state index >= 15 is 0 Å². The second kappa shape index (κ2) is 5.06. The van der Waals surface area contributed by atoms with E-state index in [9.17, 15) is 9.00 Å². The molecule has 0 radical (unpaired) electrons. The van der Waals surface area contributed by atoms with Crippen LogP contribution in [0.25, 0.3) is 0 Å².